The van der Waals surface area contributed by atoms with Crippen LogP contribution < -0.4 is 16.4 Å². The molecule has 2 amide bonds. The minimum atomic E-state index is -1.73. The summed E-state index contributed by atoms with van der Waals surface area (Å²) in [5, 5.41) is 23.1. The lowest BCUT2D eigenvalue weighted by atomic mass is 10.0. The predicted octanol–water partition coefficient (Wildman–Crippen LogP) is 0.769. The number of hydrogen-bond donors (Lipinski definition) is 5. The lowest BCUT2D eigenvalue weighted by Gasteiger charge is -2.24. The number of rotatable bonds is 7. The molecule has 1 aliphatic heterocycles. The van der Waals surface area contributed by atoms with E-state index in [0.29, 0.717) is 16.9 Å². The Morgan fingerprint density at radius 1 is 1.19 bits per heavy atom. The smallest absolute Gasteiger partial charge is 0.394 e. The van der Waals surface area contributed by atoms with Gasteiger partial charge >= 0.3 is 17.8 Å². The Bertz CT molecular complexity index is 1010. The van der Waals surface area contributed by atoms with Gasteiger partial charge in [0.1, 0.15) is 11.1 Å². The van der Waals surface area contributed by atoms with Crippen LogP contribution in [0, 0.1) is 0 Å². The third kappa shape index (κ3) is 5.26. The molecule has 1 aliphatic rings. The number of aromatic carboxylic acids is 1. The first-order chi connectivity index (χ1) is 14.8. The zero-order valence-corrected chi connectivity index (χ0v) is 17.1. The van der Waals surface area contributed by atoms with Gasteiger partial charge in [0, 0.05) is 11.4 Å². The molecule has 1 unspecified atom stereocenters. The summed E-state index contributed by atoms with van der Waals surface area (Å²) in [6.07, 6.45) is 0.000874. The first kappa shape index (κ1) is 22.4. The lowest BCUT2D eigenvalue weighted by molar-refractivity contribution is -0.147. The van der Waals surface area contributed by atoms with Crippen molar-refractivity contribution in [3.63, 3.8) is 0 Å². The number of carbonyl (C=O) groups is 4. The van der Waals surface area contributed by atoms with E-state index in [1.54, 1.807) is 0 Å². The number of thiophene rings is 1. The number of nitrogens with one attached hydrogen (secondary N) is 2. The van der Waals surface area contributed by atoms with E-state index in [4.69, 9.17) is 15.6 Å². The van der Waals surface area contributed by atoms with Gasteiger partial charge in [0.25, 0.3) is 0 Å². The van der Waals surface area contributed by atoms with Gasteiger partial charge in [-0.2, -0.15) is 0 Å². The summed E-state index contributed by atoms with van der Waals surface area (Å²) in [4.78, 5) is 47.0. The summed E-state index contributed by atoms with van der Waals surface area (Å²) < 4.78 is 5.69. The lowest BCUT2D eigenvalue weighted by Crippen LogP contribution is -2.44. The van der Waals surface area contributed by atoms with Crippen LogP contribution in [0.3, 0.4) is 0 Å². The van der Waals surface area contributed by atoms with Crippen molar-refractivity contribution < 1.29 is 34.1 Å². The number of anilines is 1. The number of carbonyl (C=O) groups excluding carboxylic acids is 2. The molecule has 1 aromatic carbocycles. The van der Waals surface area contributed by atoms with Crippen molar-refractivity contribution >= 4 is 40.1 Å². The molecular formula is C20H21N3O7S. The quantitative estimate of drug-likeness (QED) is 0.388. The van der Waals surface area contributed by atoms with E-state index in [1.807, 2.05) is 30.3 Å². The maximum atomic E-state index is 12.4. The molecule has 2 heterocycles. The Morgan fingerprint density at radius 3 is 2.55 bits per heavy atom. The van der Waals surface area contributed by atoms with E-state index in [0.717, 1.165) is 16.9 Å². The highest BCUT2D eigenvalue weighted by Crippen LogP contribution is 2.41. The molecule has 31 heavy (non-hydrogen) atoms. The van der Waals surface area contributed by atoms with E-state index in [2.05, 4.69) is 10.6 Å². The molecule has 10 nitrogen and oxygen atoms in total. The maximum Gasteiger partial charge on any atom is 0.394 e. The van der Waals surface area contributed by atoms with Crippen LogP contribution in [-0.4, -0.2) is 53.2 Å². The van der Waals surface area contributed by atoms with Crippen molar-refractivity contribution in [2.75, 3.05) is 18.5 Å². The van der Waals surface area contributed by atoms with Crippen molar-refractivity contribution in [1.29, 1.82) is 0 Å². The molecular weight excluding hydrogens is 426 g/mol. The predicted molar refractivity (Wildman–Crippen MR) is 111 cm³/mol. The van der Waals surface area contributed by atoms with Crippen LogP contribution in [0.15, 0.2) is 30.3 Å². The van der Waals surface area contributed by atoms with Crippen LogP contribution in [0.4, 0.5) is 5.00 Å². The van der Waals surface area contributed by atoms with E-state index in [-0.39, 0.29) is 36.0 Å². The van der Waals surface area contributed by atoms with Crippen molar-refractivity contribution in [3.05, 3.63) is 51.9 Å². The minimum absolute atomic E-state index is 0.0558. The van der Waals surface area contributed by atoms with Crippen LogP contribution in [0.5, 0.6) is 0 Å². The summed E-state index contributed by atoms with van der Waals surface area (Å²) in [7, 11) is 0. The number of carboxylic acid groups (broad SMARTS) is 2. The van der Waals surface area contributed by atoms with Crippen LogP contribution in [0.1, 0.15) is 32.5 Å². The van der Waals surface area contributed by atoms with Crippen molar-refractivity contribution in [2.45, 2.75) is 25.0 Å². The number of ether oxygens (including phenoxy) is 1. The van der Waals surface area contributed by atoms with Gasteiger partial charge in [-0.3, -0.25) is 9.59 Å². The summed E-state index contributed by atoms with van der Waals surface area (Å²) in [5.74, 6) is -4.73. The van der Waals surface area contributed by atoms with Gasteiger partial charge in [0.05, 0.1) is 18.2 Å². The van der Waals surface area contributed by atoms with Gasteiger partial charge in [-0.05, 0) is 24.0 Å². The molecule has 0 saturated heterocycles. The topological polar surface area (TPSA) is 168 Å². The third-order valence-electron chi connectivity index (χ3n) is 4.73. The minimum Gasteiger partial charge on any atom is -0.478 e. The molecule has 1 aromatic heterocycles. The summed E-state index contributed by atoms with van der Waals surface area (Å²) in [6.45, 7) is 0.271. The fourth-order valence-corrected chi connectivity index (χ4v) is 4.56. The fraction of sp³-hybridized carbons (Fsp3) is 0.300. The first-order valence-electron chi connectivity index (χ1n) is 9.39. The highest BCUT2D eigenvalue weighted by molar-refractivity contribution is 7.17. The van der Waals surface area contributed by atoms with Crippen LogP contribution in [0.2, 0.25) is 0 Å². The number of carboxylic acids is 2. The standard InChI is InChI=1S/C20H21N3O7S/c21-12(8-10-4-2-1-3-5-10)16(24)22-9-13-15-11(6-7-30-13)14(19(26)27)18(31-15)23-17(25)20(28)29/h1-5,12-13H,6-9,21H2,(H,22,24)(H,23,25)(H,26,27)(H,28,29)/t12-,13?/m1/s1. The van der Waals surface area contributed by atoms with Gasteiger partial charge < -0.3 is 31.3 Å². The molecule has 6 N–H and O–H groups in total. The first-order valence-corrected chi connectivity index (χ1v) is 10.2. The van der Waals surface area contributed by atoms with Crippen LogP contribution in [-0.2, 0) is 32.0 Å². The second-order valence-electron chi connectivity index (χ2n) is 6.86. The van der Waals surface area contributed by atoms with Crippen molar-refractivity contribution in [3.8, 4) is 0 Å². The molecule has 2 aromatic rings. The second kappa shape index (κ2) is 9.69. The number of aliphatic carboxylic acids is 1. The van der Waals surface area contributed by atoms with Crippen molar-refractivity contribution in [1.82, 2.24) is 5.32 Å². The summed E-state index contributed by atoms with van der Waals surface area (Å²) >= 11 is 0.923. The van der Waals surface area contributed by atoms with Gasteiger partial charge in [-0.15, -0.1) is 11.3 Å². The van der Waals surface area contributed by atoms with Gasteiger partial charge in [-0.25, -0.2) is 9.59 Å². The second-order valence-corrected chi connectivity index (χ2v) is 7.92. The Morgan fingerprint density at radius 2 is 1.90 bits per heavy atom. The number of hydrogen-bond acceptors (Lipinski definition) is 7. The number of nitrogens with two attached hydrogens (primary N) is 1. The molecule has 0 radical (unpaired) electrons. The van der Waals surface area contributed by atoms with Gasteiger partial charge in [-0.1, -0.05) is 30.3 Å². The molecule has 0 aliphatic carbocycles. The van der Waals surface area contributed by atoms with Gasteiger partial charge in [0.2, 0.25) is 5.91 Å². The molecule has 3 rings (SSSR count). The highest BCUT2D eigenvalue weighted by Gasteiger charge is 2.32. The number of amides is 2. The Hall–Kier alpha value is -3.28. The van der Waals surface area contributed by atoms with Crippen LogP contribution in [0.25, 0.3) is 0 Å². The monoisotopic (exact) mass is 447 g/mol. The highest BCUT2D eigenvalue weighted by atomic mass is 32.1. The SMILES string of the molecule is N[C@H](Cc1ccccc1)C(=O)NCC1OCCc2c1sc(NC(=O)C(=O)O)c2C(=O)O. The van der Waals surface area contributed by atoms with E-state index < -0.39 is 30.0 Å². The van der Waals surface area contributed by atoms with Crippen molar-refractivity contribution in [2.24, 2.45) is 5.73 Å². The number of fused-ring (bicyclic) bond motifs is 1. The molecule has 0 bridgehead atoms. The molecule has 0 fully saturated rings. The zero-order valence-electron chi connectivity index (χ0n) is 16.3. The van der Waals surface area contributed by atoms with E-state index in [9.17, 15) is 24.3 Å². The van der Waals surface area contributed by atoms with Crippen LogP contribution >= 0.6 is 11.3 Å². The summed E-state index contributed by atoms with van der Waals surface area (Å²) in [6, 6.07) is 8.55. The average Bonchev–Trinajstić information content (AvgIpc) is 3.11. The fourth-order valence-electron chi connectivity index (χ4n) is 3.28. The normalized spacial score (nSPS) is 16.1. The maximum absolute atomic E-state index is 12.4. The largest absolute Gasteiger partial charge is 0.478 e. The Kier molecular flexibility index (Phi) is 7.00. The molecule has 164 valence electrons. The third-order valence-corrected chi connectivity index (χ3v) is 5.97. The molecule has 2 atom stereocenters. The average molecular weight is 447 g/mol. The molecule has 11 heteroatoms. The zero-order chi connectivity index (χ0) is 22.5. The summed E-state index contributed by atoms with van der Waals surface area (Å²) in [5.41, 5.74) is 7.20. The number of benzene rings is 1. The Balaban J connectivity index is 1.72. The van der Waals surface area contributed by atoms with E-state index >= 15 is 0 Å². The van der Waals surface area contributed by atoms with E-state index in [1.165, 1.54) is 0 Å². The molecule has 0 spiro atoms. The Labute approximate surface area is 181 Å². The molecule has 0 saturated carbocycles. The van der Waals surface area contributed by atoms with Gasteiger partial charge in [0.15, 0.2) is 0 Å².